The molecule has 0 saturated carbocycles. The molecule has 2 nitrogen and oxygen atoms in total. The van der Waals surface area contributed by atoms with Gasteiger partial charge < -0.3 is 5.73 Å². The SMILES string of the molecule is N#Cc1sccc1-c1cc(N)ccc1F. The van der Waals surface area contributed by atoms with E-state index in [1.165, 1.54) is 29.5 Å². The number of hydrogen-bond acceptors (Lipinski definition) is 3. The summed E-state index contributed by atoms with van der Waals surface area (Å²) in [5.41, 5.74) is 7.05. The zero-order chi connectivity index (χ0) is 10.8. The average Bonchev–Trinajstić information content (AvgIpc) is 2.69. The Labute approximate surface area is 90.4 Å². The van der Waals surface area contributed by atoms with E-state index in [2.05, 4.69) is 0 Å². The summed E-state index contributed by atoms with van der Waals surface area (Å²) < 4.78 is 13.5. The maximum atomic E-state index is 13.5. The van der Waals surface area contributed by atoms with E-state index in [0.29, 0.717) is 21.7 Å². The summed E-state index contributed by atoms with van der Waals surface area (Å²) >= 11 is 1.29. The number of nitrogens with zero attached hydrogens (tertiary/aromatic N) is 1. The first-order valence-corrected chi connectivity index (χ1v) is 5.13. The lowest BCUT2D eigenvalue weighted by Gasteiger charge is -2.02. The molecule has 0 aliphatic rings. The molecule has 15 heavy (non-hydrogen) atoms. The summed E-state index contributed by atoms with van der Waals surface area (Å²) in [5.74, 6) is -0.362. The van der Waals surface area contributed by atoms with Gasteiger partial charge in [-0.25, -0.2) is 4.39 Å². The number of anilines is 1. The van der Waals surface area contributed by atoms with E-state index in [4.69, 9.17) is 11.0 Å². The predicted molar refractivity (Wildman–Crippen MR) is 58.8 cm³/mol. The van der Waals surface area contributed by atoms with Crippen molar-refractivity contribution in [3.05, 3.63) is 40.3 Å². The molecule has 0 spiro atoms. The highest BCUT2D eigenvalue weighted by atomic mass is 32.1. The van der Waals surface area contributed by atoms with Gasteiger partial charge >= 0.3 is 0 Å². The van der Waals surface area contributed by atoms with Crippen molar-refractivity contribution in [2.24, 2.45) is 0 Å². The fraction of sp³-hybridized carbons (Fsp3) is 0. The molecule has 0 aliphatic heterocycles. The predicted octanol–water partition coefficient (Wildman–Crippen LogP) is 3.01. The van der Waals surface area contributed by atoms with Gasteiger partial charge in [0, 0.05) is 16.8 Å². The van der Waals surface area contributed by atoms with Gasteiger partial charge in [0.15, 0.2) is 0 Å². The molecule has 1 aromatic heterocycles. The number of hydrogen-bond donors (Lipinski definition) is 1. The summed E-state index contributed by atoms with van der Waals surface area (Å²) in [6.45, 7) is 0. The Kier molecular flexibility index (Phi) is 2.40. The topological polar surface area (TPSA) is 49.8 Å². The number of nitrogen functional groups attached to an aromatic ring is 1. The molecule has 0 bridgehead atoms. The Morgan fingerprint density at radius 1 is 1.27 bits per heavy atom. The first-order chi connectivity index (χ1) is 7.22. The van der Waals surface area contributed by atoms with Crippen molar-refractivity contribution in [3.8, 4) is 17.2 Å². The molecule has 2 rings (SSSR count). The Morgan fingerprint density at radius 3 is 2.80 bits per heavy atom. The van der Waals surface area contributed by atoms with Crippen LogP contribution in [0.25, 0.3) is 11.1 Å². The number of halogens is 1. The molecule has 2 aromatic rings. The number of rotatable bonds is 1. The molecule has 4 heteroatoms. The number of nitrogens with two attached hydrogens (primary N) is 1. The fourth-order valence-corrected chi connectivity index (χ4v) is 2.06. The largest absolute Gasteiger partial charge is 0.399 e. The highest BCUT2D eigenvalue weighted by Crippen LogP contribution is 2.30. The molecule has 0 saturated heterocycles. The Balaban J connectivity index is 2.64. The number of benzene rings is 1. The molecule has 0 aliphatic carbocycles. The zero-order valence-corrected chi connectivity index (χ0v) is 8.51. The van der Waals surface area contributed by atoms with Gasteiger partial charge in [0.1, 0.15) is 16.8 Å². The standard InChI is InChI=1S/C11H7FN2S/c12-10-2-1-7(14)5-9(10)8-3-4-15-11(8)6-13/h1-5H,14H2. The average molecular weight is 218 g/mol. The summed E-state index contributed by atoms with van der Waals surface area (Å²) in [6, 6.07) is 8.10. The van der Waals surface area contributed by atoms with E-state index in [0.717, 1.165) is 0 Å². The summed E-state index contributed by atoms with van der Waals surface area (Å²) in [5, 5.41) is 10.6. The van der Waals surface area contributed by atoms with E-state index in [1.54, 1.807) is 11.4 Å². The molecule has 1 heterocycles. The Hall–Kier alpha value is -1.86. The van der Waals surface area contributed by atoms with Crippen LogP contribution in [0.3, 0.4) is 0 Å². The van der Waals surface area contributed by atoms with Crippen molar-refractivity contribution in [3.63, 3.8) is 0 Å². The number of nitriles is 1. The second-order valence-corrected chi connectivity index (χ2v) is 3.93. The van der Waals surface area contributed by atoms with Crippen LogP contribution in [0.2, 0.25) is 0 Å². The summed E-state index contributed by atoms with van der Waals surface area (Å²) in [4.78, 5) is 0.500. The van der Waals surface area contributed by atoms with E-state index in [-0.39, 0.29) is 5.82 Å². The van der Waals surface area contributed by atoms with Crippen LogP contribution in [0.15, 0.2) is 29.6 Å². The third-order valence-corrected chi connectivity index (χ3v) is 2.87. The van der Waals surface area contributed by atoms with Crippen molar-refractivity contribution in [1.29, 1.82) is 5.26 Å². The molecular weight excluding hydrogens is 211 g/mol. The van der Waals surface area contributed by atoms with Crippen LogP contribution in [0, 0.1) is 17.1 Å². The Morgan fingerprint density at radius 2 is 2.07 bits per heavy atom. The van der Waals surface area contributed by atoms with Crippen molar-refractivity contribution in [2.75, 3.05) is 5.73 Å². The van der Waals surface area contributed by atoms with Gasteiger partial charge in [-0.1, -0.05) is 0 Å². The van der Waals surface area contributed by atoms with E-state index < -0.39 is 0 Å². The Bertz CT molecular complexity index is 540. The maximum absolute atomic E-state index is 13.5. The van der Waals surface area contributed by atoms with Gasteiger partial charge in [0.25, 0.3) is 0 Å². The lowest BCUT2D eigenvalue weighted by Crippen LogP contribution is -1.89. The van der Waals surface area contributed by atoms with Crippen LogP contribution in [-0.4, -0.2) is 0 Å². The van der Waals surface area contributed by atoms with Crippen molar-refractivity contribution < 1.29 is 4.39 Å². The van der Waals surface area contributed by atoms with Crippen LogP contribution in [0.1, 0.15) is 4.88 Å². The van der Waals surface area contributed by atoms with Gasteiger partial charge in [-0.2, -0.15) is 5.26 Å². The lowest BCUT2D eigenvalue weighted by atomic mass is 10.1. The first kappa shape index (κ1) is 9.69. The molecular formula is C11H7FN2S. The second-order valence-electron chi connectivity index (χ2n) is 3.01. The molecule has 0 unspecified atom stereocenters. The molecule has 74 valence electrons. The summed E-state index contributed by atoms with van der Waals surface area (Å²) in [6.07, 6.45) is 0. The summed E-state index contributed by atoms with van der Waals surface area (Å²) in [7, 11) is 0. The van der Waals surface area contributed by atoms with Crippen molar-refractivity contribution in [1.82, 2.24) is 0 Å². The highest BCUT2D eigenvalue weighted by Gasteiger charge is 2.10. The van der Waals surface area contributed by atoms with Crippen LogP contribution in [0.5, 0.6) is 0 Å². The minimum atomic E-state index is -0.362. The molecule has 0 radical (unpaired) electrons. The molecule has 0 amide bonds. The van der Waals surface area contributed by atoms with Crippen molar-refractivity contribution in [2.45, 2.75) is 0 Å². The minimum absolute atomic E-state index is 0.362. The third-order valence-electron chi connectivity index (χ3n) is 2.05. The highest BCUT2D eigenvalue weighted by molar-refractivity contribution is 7.11. The number of thiophene rings is 1. The minimum Gasteiger partial charge on any atom is -0.399 e. The maximum Gasteiger partial charge on any atom is 0.131 e. The molecule has 1 aromatic carbocycles. The molecule has 0 fully saturated rings. The van der Waals surface area contributed by atoms with Gasteiger partial charge in [-0.3, -0.25) is 0 Å². The van der Waals surface area contributed by atoms with Crippen LogP contribution >= 0.6 is 11.3 Å². The van der Waals surface area contributed by atoms with Crippen LogP contribution in [0.4, 0.5) is 10.1 Å². The van der Waals surface area contributed by atoms with E-state index >= 15 is 0 Å². The van der Waals surface area contributed by atoms with Gasteiger partial charge in [0.05, 0.1) is 0 Å². The van der Waals surface area contributed by atoms with Crippen LogP contribution < -0.4 is 5.73 Å². The van der Waals surface area contributed by atoms with Crippen LogP contribution in [-0.2, 0) is 0 Å². The van der Waals surface area contributed by atoms with Crippen molar-refractivity contribution >= 4 is 17.0 Å². The third kappa shape index (κ3) is 1.69. The smallest absolute Gasteiger partial charge is 0.131 e. The normalized spacial score (nSPS) is 9.87. The lowest BCUT2D eigenvalue weighted by molar-refractivity contribution is 0.631. The van der Waals surface area contributed by atoms with Gasteiger partial charge in [-0.05, 0) is 29.6 Å². The second kappa shape index (κ2) is 3.71. The van der Waals surface area contributed by atoms with E-state index in [9.17, 15) is 4.39 Å². The quantitative estimate of drug-likeness (QED) is 0.748. The monoisotopic (exact) mass is 218 g/mol. The first-order valence-electron chi connectivity index (χ1n) is 4.25. The van der Waals surface area contributed by atoms with Gasteiger partial charge in [0.2, 0.25) is 0 Å². The molecule has 0 atom stereocenters. The zero-order valence-electron chi connectivity index (χ0n) is 7.70. The fourth-order valence-electron chi connectivity index (χ4n) is 1.36. The molecule has 2 N–H and O–H groups in total. The van der Waals surface area contributed by atoms with E-state index in [1.807, 2.05) is 6.07 Å². The van der Waals surface area contributed by atoms with Gasteiger partial charge in [-0.15, -0.1) is 11.3 Å².